The number of rotatable bonds is 6. The molecule has 0 aromatic carbocycles. The van der Waals surface area contributed by atoms with Gasteiger partial charge in [0.15, 0.2) is 5.76 Å². The molecule has 7 nitrogen and oxygen atoms in total. The van der Waals surface area contributed by atoms with Gasteiger partial charge in [-0.15, -0.1) is 0 Å². The van der Waals surface area contributed by atoms with E-state index in [1.54, 1.807) is 6.92 Å². The zero-order valence-corrected chi connectivity index (χ0v) is 12.3. The van der Waals surface area contributed by atoms with Crippen molar-refractivity contribution in [2.24, 2.45) is 5.14 Å². The Bertz CT molecular complexity index is 591. The lowest BCUT2D eigenvalue weighted by Gasteiger charge is -2.01. The van der Waals surface area contributed by atoms with Crippen molar-refractivity contribution in [1.29, 1.82) is 0 Å². The van der Waals surface area contributed by atoms with Crippen molar-refractivity contribution >= 4 is 26.7 Å². The minimum absolute atomic E-state index is 0.0600. The molecule has 0 fully saturated rings. The highest BCUT2D eigenvalue weighted by atomic mass is 32.2. The summed E-state index contributed by atoms with van der Waals surface area (Å²) in [6.07, 6.45) is 0. The zero-order valence-electron chi connectivity index (χ0n) is 10.6. The monoisotopic (exact) mass is 308 g/mol. The van der Waals surface area contributed by atoms with Gasteiger partial charge in [0.25, 0.3) is 5.91 Å². The lowest BCUT2D eigenvalue weighted by Crippen LogP contribution is -2.27. The van der Waals surface area contributed by atoms with Gasteiger partial charge in [-0.25, -0.2) is 13.6 Å². The third-order valence-electron chi connectivity index (χ3n) is 2.34. The van der Waals surface area contributed by atoms with Gasteiger partial charge < -0.3 is 9.73 Å². The van der Waals surface area contributed by atoms with Crippen LogP contribution in [0.4, 0.5) is 0 Å². The summed E-state index contributed by atoms with van der Waals surface area (Å²) in [5.74, 6) is 0.217. The largest absolute Gasteiger partial charge is 0.455 e. The van der Waals surface area contributed by atoms with Gasteiger partial charge in [-0.3, -0.25) is 9.00 Å². The molecule has 1 atom stereocenters. The van der Waals surface area contributed by atoms with E-state index in [9.17, 15) is 17.4 Å². The van der Waals surface area contributed by atoms with Crippen LogP contribution in [-0.4, -0.2) is 36.6 Å². The molecule has 0 bridgehead atoms. The number of carbonyl (C=O) groups is 1. The minimum Gasteiger partial charge on any atom is -0.455 e. The summed E-state index contributed by atoms with van der Waals surface area (Å²) in [6, 6.07) is 1.08. The van der Waals surface area contributed by atoms with Gasteiger partial charge in [-0.1, -0.05) is 6.92 Å². The SMILES string of the molecule is CCS(=O)CCNC(=O)c1cc(S(N)(=O)=O)c(C)o1. The van der Waals surface area contributed by atoms with E-state index in [1.807, 2.05) is 0 Å². The molecule has 1 aromatic rings. The van der Waals surface area contributed by atoms with Crippen LogP contribution in [0.3, 0.4) is 0 Å². The van der Waals surface area contributed by atoms with Crippen molar-refractivity contribution in [2.45, 2.75) is 18.7 Å². The molecule has 1 aromatic heterocycles. The number of hydrogen-bond acceptors (Lipinski definition) is 5. The smallest absolute Gasteiger partial charge is 0.287 e. The Balaban J connectivity index is 2.71. The molecule has 108 valence electrons. The molecule has 1 amide bonds. The molecule has 0 radical (unpaired) electrons. The number of furan rings is 1. The molecular formula is C10H16N2O5S2. The first-order valence-electron chi connectivity index (χ1n) is 5.52. The molecule has 0 spiro atoms. The fraction of sp³-hybridized carbons (Fsp3) is 0.500. The van der Waals surface area contributed by atoms with E-state index in [1.165, 1.54) is 6.92 Å². The van der Waals surface area contributed by atoms with Gasteiger partial charge in [0.1, 0.15) is 10.7 Å². The Morgan fingerprint density at radius 1 is 1.53 bits per heavy atom. The molecule has 0 aliphatic carbocycles. The fourth-order valence-electron chi connectivity index (χ4n) is 1.37. The number of carbonyl (C=O) groups excluding carboxylic acids is 1. The second-order valence-electron chi connectivity index (χ2n) is 3.76. The van der Waals surface area contributed by atoms with Gasteiger partial charge >= 0.3 is 0 Å². The Labute approximate surface area is 114 Å². The summed E-state index contributed by atoms with van der Waals surface area (Å²) in [6.45, 7) is 3.42. The average Bonchev–Trinajstić information content (AvgIpc) is 2.70. The van der Waals surface area contributed by atoms with Crippen LogP contribution in [0.2, 0.25) is 0 Å². The molecule has 1 heterocycles. The van der Waals surface area contributed by atoms with Crippen LogP contribution < -0.4 is 10.5 Å². The molecule has 9 heteroatoms. The molecule has 3 N–H and O–H groups in total. The first-order chi connectivity index (χ1) is 8.75. The standard InChI is InChI=1S/C10H16N2O5S2/c1-3-18(14)5-4-12-10(13)8-6-9(7(2)17-8)19(11,15)16/h6H,3-5H2,1-2H3,(H,12,13)(H2,11,15,16). The van der Waals surface area contributed by atoms with Gasteiger partial charge in [0.2, 0.25) is 10.0 Å². The fourth-order valence-corrected chi connectivity index (χ4v) is 2.70. The highest BCUT2D eigenvalue weighted by Gasteiger charge is 2.20. The molecule has 0 saturated heterocycles. The summed E-state index contributed by atoms with van der Waals surface area (Å²) < 4.78 is 38.6. The van der Waals surface area contributed by atoms with Crippen LogP contribution in [0.5, 0.6) is 0 Å². The van der Waals surface area contributed by atoms with E-state index < -0.39 is 26.7 Å². The Hall–Kier alpha value is -1.19. The summed E-state index contributed by atoms with van der Waals surface area (Å²) in [4.78, 5) is 11.5. The van der Waals surface area contributed by atoms with Crippen molar-refractivity contribution in [3.63, 3.8) is 0 Å². The highest BCUT2D eigenvalue weighted by molar-refractivity contribution is 7.89. The van der Waals surface area contributed by atoms with Gasteiger partial charge in [0, 0.05) is 34.9 Å². The summed E-state index contributed by atoms with van der Waals surface area (Å²) in [5.41, 5.74) is 0. The lowest BCUT2D eigenvalue weighted by atomic mass is 10.4. The van der Waals surface area contributed by atoms with E-state index >= 15 is 0 Å². The number of aryl methyl sites for hydroxylation is 1. The van der Waals surface area contributed by atoms with Gasteiger partial charge in [0.05, 0.1) is 0 Å². The maximum atomic E-state index is 11.7. The van der Waals surface area contributed by atoms with Crippen LogP contribution in [-0.2, 0) is 20.8 Å². The maximum absolute atomic E-state index is 11.7. The quantitative estimate of drug-likeness (QED) is 0.750. The van der Waals surface area contributed by atoms with Crippen LogP contribution in [0, 0.1) is 6.92 Å². The molecule has 0 saturated carbocycles. The highest BCUT2D eigenvalue weighted by Crippen LogP contribution is 2.18. The number of nitrogens with two attached hydrogens (primary N) is 1. The van der Waals surface area contributed by atoms with Crippen molar-refractivity contribution in [3.8, 4) is 0 Å². The Morgan fingerprint density at radius 2 is 2.16 bits per heavy atom. The van der Waals surface area contributed by atoms with Crippen LogP contribution >= 0.6 is 0 Å². The number of hydrogen-bond donors (Lipinski definition) is 2. The second kappa shape index (κ2) is 6.31. The van der Waals surface area contributed by atoms with Gasteiger partial charge in [-0.2, -0.15) is 0 Å². The molecule has 1 unspecified atom stereocenters. The van der Waals surface area contributed by atoms with E-state index in [-0.39, 0.29) is 23.0 Å². The van der Waals surface area contributed by atoms with Crippen LogP contribution in [0.25, 0.3) is 0 Å². The van der Waals surface area contributed by atoms with Gasteiger partial charge in [-0.05, 0) is 6.92 Å². The Morgan fingerprint density at radius 3 is 2.63 bits per heavy atom. The number of amides is 1. The van der Waals surface area contributed by atoms with Crippen molar-refractivity contribution in [2.75, 3.05) is 18.1 Å². The first kappa shape index (κ1) is 15.9. The number of sulfonamides is 1. The molecule has 0 aliphatic heterocycles. The molecule has 19 heavy (non-hydrogen) atoms. The summed E-state index contributed by atoms with van der Waals surface area (Å²) in [7, 11) is -4.88. The molecular weight excluding hydrogens is 292 g/mol. The maximum Gasteiger partial charge on any atom is 0.287 e. The average molecular weight is 308 g/mol. The molecule has 1 rings (SSSR count). The predicted molar refractivity (Wildman–Crippen MR) is 70.7 cm³/mol. The van der Waals surface area contributed by atoms with E-state index in [2.05, 4.69) is 5.32 Å². The number of nitrogens with one attached hydrogen (secondary N) is 1. The third-order valence-corrected chi connectivity index (χ3v) is 4.66. The third kappa shape index (κ3) is 4.44. The predicted octanol–water partition coefficient (Wildman–Crippen LogP) is -0.266. The minimum atomic E-state index is -3.91. The lowest BCUT2D eigenvalue weighted by molar-refractivity contribution is 0.0927. The van der Waals surface area contributed by atoms with E-state index in [0.29, 0.717) is 11.5 Å². The van der Waals surface area contributed by atoms with E-state index in [0.717, 1.165) is 6.07 Å². The van der Waals surface area contributed by atoms with Crippen molar-refractivity contribution in [3.05, 3.63) is 17.6 Å². The van der Waals surface area contributed by atoms with Crippen LogP contribution in [0.1, 0.15) is 23.2 Å². The molecule has 0 aliphatic rings. The number of primary sulfonamides is 1. The topological polar surface area (TPSA) is 119 Å². The zero-order chi connectivity index (χ0) is 14.6. The van der Waals surface area contributed by atoms with Crippen molar-refractivity contribution in [1.82, 2.24) is 5.32 Å². The first-order valence-corrected chi connectivity index (χ1v) is 8.55. The normalized spacial score (nSPS) is 13.2. The van der Waals surface area contributed by atoms with Crippen LogP contribution in [0.15, 0.2) is 15.4 Å². The summed E-state index contributed by atoms with van der Waals surface area (Å²) >= 11 is 0. The van der Waals surface area contributed by atoms with Crippen molar-refractivity contribution < 1.29 is 21.8 Å². The van der Waals surface area contributed by atoms with E-state index in [4.69, 9.17) is 9.56 Å². The Kier molecular flexibility index (Phi) is 5.27. The second-order valence-corrected chi connectivity index (χ2v) is 7.16. The summed E-state index contributed by atoms with van der Waals surface area (Å²) in [5, 5.41) is 7.46.